The van der Waals surface area contributed by atoms with Gasteiger partial charge in [0.05, 0.1) is 6.61 Å². The Morgan fingerprint density at radius 1 is 1.35 bits per heavy atom. The van der Waals surface area contributed by atoms with Crippen molar-refractivity contribution in [2.24, 2.45) is 10.7 Å². The Morgan fingerprint density at radius 2 is 1.95 bits per heavy atom. The molecule has 1 aromatic carbocycles. The van der Waals surface area contributed by atoms with Gasteiger partial charge in [-0.15, -0.1) is 0 Å². The summed E-state index contributed by atoms with van der Waals surface area (Å²) < 4.78 is 4.93. The third-order valence-corrected chi connectivity index (χ3v) is 2.42. The third-order valence-electron chi connectivity index (χ3n) is 2.42. The van der Waals surface area contributed by atoms with Crippen LogP contribution in [0.4, 0.5) is 0 Å². The lowest BCUT2D eigenvalue weighted by atomic mass is 10.1. The molecule has 0 radical (unpaired) electrons. The Kier molecular flexibility index (Phi) is 5.77. The summed E-state index contributed by atoms with van der Waals surface area (Å²) in [7, 11) is 0. The number of aliphatic imine (C=N–C) groups is 1. The van der Waals surface area contributed by atoms with Gasteiger partial charge in [0.1, 0.15) is 17.2 Å². The number of amidine groups is 1. The predicted octanol–water partition coefficient (Wildman–Crippen LogP) is 2.28. The summed E-state index contributed by atoms with van der Waals surface area (Å²) in [5.41, 5.74) is 6.20. The van der Waals surface area contributed by atoms with Crippen LogP contribution in [0.1, 0.15) is 26.3 Å². The average molecular weight is 276 g/mol. The number of ether oxygens (including phenoxy) is 1. The number of nitrogens with two attached hydrogens (primary N) is 1. The number of carbonyl (C=O) groups is 1. The molecule has 0 heterocycles. The number of aliphatic hydroxyl groups is 1. The molecular formula is C15H20N2O3. The Hall–Kier alpha value is -2.30. The summed E-state index contributed by atoms with van der Waals surface area (Å²) in [6.45, 7) is 5.54. The van der Waals surface area contributed by atoms with Gasteiger partial charge in [-0.1, -0.05) is 30.3 Å². The van der Waals surface area contributed by atoms with Crippen LogP contribution in [-0.4, -0.2) is 29.6 Å². The molecule has 0 bridgehead atoms. The number of hydrogen-bond donors (Lipinski definition) is 2. The quantitative estimate of drug-likeness (QED) is 0.284. The van der Waals surface area contributed by atoms with Gasteiger partial charge in [0, 0.05) is 11.6 Å². The number of carbonyl (C=O) groups excluding carboxylic acids is 1. The zero-order chi connectivity index (χ0) is 15.1. The number of aliphatic hydroxyl groups excluding tert-OH is 1. The molecule has 3 N–H and O–H groups in total. The number of benzene rings is 1. The molecule has 0 amide bonds. The summed E-state index contributed by atoms with van der Waals surface area (Å²) in [6.07, 6.45) is 0. The van der Waals surface area contributed by atoms with Crippen molar-refractivity contribution in [2.45, 2.75) is 26.8 Å². The second-order valence-electron chi connectivity index (χ2n) is 4.42. The molecule has 0 aliphatic rings. The first-order chi connectivity index (χ1) is 9.47. The highest BCUT2D eigenvalue weighted by Crippen LogP contribution is 2.17. The second-order valence-corrected chi connectivity index (χ2v) is 4.42. The number of hydrogen-bond acceptors (Lipinski definition) is 4. The summed E-state index contributed by atoms with van der Waals surface area (Å²) >= 11 is 0. The van der Waals surface area contributed by atoms with E-state index in [-0.39, 0.29) is 29.8 Å². The van der Waals surface area contributed by atoms with Crippen LogP contribution >= 0.6 is 0 Å². The molecule has 0 unspecified atom stereocenters. The summed E-state index contributed by atoms with van der Waals surface area (Å²) in [6, 6.07) is 8.58. The lowest BCUT2D eigenvalue weighted by Crippen LogP contribution is -2.26. The Morgan fingerprint density at radius 3 is 2.45 bits per heavy atom. The molecule has 0 atom stereocenters. The van der Waals surface area contributed by atoms with E-state index < -0.39 is 5.97 Å². The zero-order valence-corrected chi connectivity index (χ0v) is 12.0. The lowest BCUT2D eigenvalue weighted by molar-refractivity contribution is -0.137. The normalized spacial score (nSPS) is 13.1. The molecule has 0 fully saturated rings. The second kappa shape index (κ2) is 7.33. The van der Waals surface area contributed by atoms with Gasteiger partial charge in [-0.3, -0.25) is 4.99 Å². The highest BCUT2D eigenvalue weighted by atomic mass is 16.5. The van der Waals surface area contributed by atoms with Gasteiger partial charge in [-0.05, 0) is 20.8 Å². The summed E-state index contributed by atoms with van der Waals surface area (Å²) in [5, 5.41) is 10.3. The van der Waals surface area contributed by atoms with Gasteiger partial charge < -0.3 is 15.6 Å². The first kappa shape index (κ1) is 15.8. The van der Waals surface area contributed by atoms with Crippen LogP contribution < -0.4 is 5.73 Å². The molecular weight excluding hydrogens is 256 g/mol. The van der Waals surface area contributed by atoms with Crippen molar-refractivity contribution < 1.29 is 14.6 Å². The SMILES string of the molecule is CCOC(=O)C(C(N)=NC(C)C)=C(O)c1ccccc1. The van der Waals surface area contributed by atoms with Gasteiger partial charge in [0.15, 0.2) is 0 Å². The van der Waals surface area contributed by atoms with Crippen LogP contribution in [0.2, 0.25) is 0 Å². The van der Waals surface area contributed by atoms with Crippen LogP contribution in [-0.2, 0) is 9.53 Å². The van der Waals surface area contributed by atoms with Crippen LogP contribution in [0.15, 0.2) is 40.9 Å². The Labute approximate surface area is 118 Å². The van der Waals surface area contributed by atoms with Gasteiger partial charge in [-0.2, -0.15) is 0 Å². The minimum Gasteiger partial charge on any atom is -0.506 e. The fourth-order valence-corrected chi connectivity index (χ4v) is 1.61. The maximum Gasteiger partial charge on any atom is 0.345 e. The van der Waals surface area contributed by atoms with Crippen molar-refractivity contribution in [3.05, 3.63) is 41.5 Å². The van der Waals surface area contributed by atoms with E-state index in [0.717, 1.165) is 0 Å². The number of rotatable bonds is 5. The molecule has 0 aliphatic carbocycles. The Bertz CT molecular complexity index is 519. The monoisotopic (exact) mass is 276 g/mol. The van der Waals surface area contributed by atoms with Gasteiger partial charge in [-0.25, -0.2) is 4.79 Å². The van der Waals surface area contributed by atoms with Gasteiger partial charge >= 0.3 is 5.97 Å². The van der Waals surface area contributed by atoms with Crippen molar-refractivity contribution in [2.75, 3.05) is 6.61 Å². The highest BCUT2D eigenvalue weighted by molar-refractivity contribution is 6.22. The van der Waals surface area contributed by atoms with E-state index in [4.69, 9.17) is 10.5 Å². The standard InChI is InChI=1S/C15H20N2O3/c1-4-20-15(19)12(14(16)17-10(2)3)13(18)11-8-6-5-7-9-11/h5-10,18H,4H2,1-3H3,(H2,16,17). The molecule has 5 heteroatoms. The first-order valence-electron chi connectivity index (χ1n) is 6.46. The molecule has 1 rings (SSSR count). The van der Waals surface area contributed by atoms with Crippen LogP contribution in [0.25, 0.3) is 5.76 Å². The highest BCUT2D eigenvalue weighted by Gasteiger charge is 2.22. The van der Waals surface area contributed by atoms with Crippen molar-refractivity contribution >= 4 is 17.6 Å². The van der Waals surface area contributed by atoms with Crippen molar-refractivity contribution in [1.82, 2.24) is 0 Å². The lowest BCUT2D eigenvalue weighted by Gasteiger charge is -2.11. The first-order valence-corrected chi connectivity index (χ1v) is 6.46. The molecule has 108 valence electrons. The predicted molar refractivity (Wildman–Crippen MR) is 79.4 cm³/mol. The van der Waals surface area contributed by atoms with Crippen molar-refractivity contribution in [3.8, 4) is 0 Å². The fourth-order valence-electron chi connectivity index (χ4n) is 1.61. The van der Waals surface area contributed by atoms with E-state index >= 15 is 0 Å². The maximum absolute atomic E-state index is 12.0. The molecule has 20 heavy (non-hydrogen) atoms. The van der Waals surface area contributed by atoms with Crippen LogP contribution in [0.3, 0.4) is 0 Å². The summed E-state index contributed by atoms with van der Waals surface area (Å²) in [5.74, 6) is -0.943. The number of esters is 1. The van der Waals surface area contributed by atoms with Crippen LogP contribution in [0.5, 0.6) is 0 Å². The summed E-state index contributed by atoms with van der Waals surface area (Å²) in [4.78, 5) is 16.1. The van der Waals surface area contributed by atoms with E-state index in [0.29, 0.717) is 5.56 Å². The van der Waals surface area contributed by atoms with Gasteiger partial charge in [0.2, 0.25) is 0 Å². The molecule has 0 spiro atoms. The van der Waals surface area contributed by atoms with E-state index in [1.54, 1.807) is 31.2 Å². The minimum atomic E-state index is -0.684. The van der Waals surface area contributed by atoms with Crippen molar-refractivity contribution in [3.63, 3.8) is 0 Å². The van der Waals surface area contributed by atoms with Crippen LogP contribution in [0, 0.1) is 0 Å². The van der Waals surface area contributed by atoms with E-state index in [1.807, 2.05) is 19.9 Å². The average Bonchev–Trinajstić information content (AvgIpc) is 2.39. The molecule has 1 aromatic rings. The third kappa shape index (κ3) is 4.12. The fraction of sp³-hybridized carbons (Fsp3) is 0.333. The largest absolute Gasteiger partial charge is 0.506 e. The molecule has 5 nitrogen and oxygen atoms in total. The molecule has 0 saturated heterocycles. The number of nitrogens with zero attached hydrogens (tertiary/aromatic N) is 1. The van der Waals surface area contributed by atoms with Crippen molar-refractivity contribution in [1.29, 1.82) is 0 Å². The zero-order valence-electron chi connectivity index (χ0n) is 12.0. The Balaban J connectivity index is 3.33. The topological polar surface area (TPSA) is 84.9 Å². The minimum absolute atomic E-state index is 0.0280. The molecule has 0 aliphatic heterocycles. The smallest absolute Gasteiger partial charge is 0.345 e. The molecule has 0 aromatic heterocycles. The van der Waals surface area contributed by atoms with Gasteiger partial charge in [0.25, 0.3) is 0 Å². The maximum atomic E-state index is 12.0. The molecule has 0 saturated carbocycles. The van der Waals surface area contributed by atoms with E-state index in [2.05, 4.69) is 4.99 Å². The van der Waals surface area contributed by atoms with E-state index in [1.165, 1.54) is 0 Å². The van der Waals surface area contributed by atoms with E-state index in [9.17, 15) is 9.90 Å².